The van der Waals surface area contributed by atoms with E-state index in [4.69, 9.17) is 4.74 Å². The second-order valence-electron chi connectivity index (χ2n) is 5.56. The lowest BCUT2D eigenvalue weighted by Crippen LogP contribution is -2.30. The molecule has 0 aliphatic rings. The molecule has 0 aliphatic carbocycles. The van der Waals surface area contributed by atoms with E-state index in [-0.39, 0.29) is 11.4 Å². The van der Waals surface area contributed by atoms with Gasteiger partial charge in [0.15, 0.2) is 11.8 Å². The van der Waals surface area contributed by atoms with Gasteiger partial charge in [0.2, 0.25) is 0 Å². The van der Waals surface area contributed by atoms with Gasteiger partial charge >= 0.3 is 5.97 Å². The summed E-state index contributed by atoms with van der Waals surface area (Å²) in [6.45, 7) is 1.33. The number of nitrogens with zero attached hydrogens (tertiary/aromatic N) is 1. The molecule has 2 aromatic carbocycles. The Morgan fingerprint density at radius 1 is 1.15 bits per heavy atom. The van der Waals surface area contributed by atoms with E-state index >= 15 is 0 Å². The third-order valence-electron chi connectivity index (χ3n) is 3.57. The normalized spacial score (nSPS) is 11.7. The van der Waals surface area contributed by atoms with Gasteiger partial charge in [-0.15, -0.1) is 11.3 Å². The number of ether oxygens (including phenoxy) is 1. The fourth-order valence-electron chi connectivity index (χ4n) is 2.18. The van der Waals surface area contributed by atoms with E-state index in [2.05, 4.69) is 10.3 Å². The number of amides is 1. The summed E-state index contributed by atoms with van der Waals surface area (Å²) in [5.74, 6) is -3.07. The minimum absolute atomic E-state index is 0.0652. The monoisotopic (exact) mass is 388 g/mol. The number of thiazole rings is 1. The average Bonchev–Trinajstić information content (AvgIpc) is 3.15. The van der Waals surface area contributed by atoms with E-state index in [9.17, 15) is 18.4 Å². The summed E-state index contributed by atoms with van der Waals surface area (Å²) in [5, 5.41) is 4.36. The lowest BCUT2D eigenvalue weighted by molar-refractivity contribution is -0.123. The van der Waals surface area contributed by atoms with Crippen LogP contribution in [0, 0.1) is 11.6 Å². The molecule has 0 bridgehead atoms. The molecule has 1 aromatic heterocycles. The fraction of sp³-hybridized carbons (Fsp3) is 0.105. The lowest BCUT2D eigenvalue weighted by atomic mass is 10.2. The number of esters is 1. The SMILES string of the molecule is C[C@@H](OC(=O)c1csc(-c2ccccc2)n1)C(=O)Nc1cc(F)ccc1F. The van der Waals surface area contributed by atoms with E-state index in [1.165, 1.54) is 23.6 Å². The van der Waals surface area contributed by atoms with Crippen LogP contribution in [-0.4, -0.2) is 23.0 Å². The van der Waals surface area contributed by atoms with E-state index in [0.29, 0.717) is 5.01 Å². The number of carbonyl (C=O) groups excluding carboxylic acids is 2. The molecule has 0 unspecified atom stereocenters. The highest BCUT2D eigenvalue weighted by atomic mass is 32.1. The van der Waals surface area contributed by atoms with Crippen molar-refractivity contribution >= 4 is 28.9 Å². The molecular formula is C19H14F2N2O3S. The highest BCUT2D eigenvalue weighted by molar-refractivity contribution is 7.13. The zero-order valence-electron chi connectivity index (χ0n) is 14.1. The second-order valence-corrected chi connectivity index (χ2v) is 6.42. The Labute approximate surface area is 157 Å². The molecule has 0 saturated heterocycles. The zero-order valence-corrected chi connectivity index (χ0v) is 14.9. The summed E-state index contributed by atoms with van der Waals surface area (Å²) >= 11 is 1.27. The molecule has 27 heavy (non-hydrogen) atoms. The Kier molecular flexibility index (Phi) is 5.56. The summed E-state index contributed by atoms with van der Waals surface area (Å²) < 4.78 is 31.8. The molecular weight excluding hydrogens is 374 g/mol. The molecule has 8 heteroatoms. The van der Waals surface area contributed by atoms with Crippen LogP contribution in [-0.2, 0) is 9.53 Å². The Morgan fingerprint density at radius 2 is 1.89 bits per heavy atom. The summed E-state index contributed by atoms with van der Waals surface area (Å²) in [6.07, 6.45) is -1.22. The van der Waals surface area contributed by atoms with Gasteiger partial charge in [0.05, 0.1) is 5.69 Å². The van der Waals surface area contributed by atoms with Crippen LogP contribution in [0.15, 0.2) is 53.9 Å². The maximum atomic E-state index is 13.6. The molecule has 0 radical (unpaired) electrons. The predicted molar refractivity (Wildman–Crippen MR) is 97.4 cm³/mol. The number of rotatable bonds is 5. The van der Waals surface area contributed by atoms with Gasteiger partial charge < -0.3 is 10.1 Å². The van der Waals surface area contributed by atoms with Crippen molar-refractivity contribution in [2.24, 2.45) is 0 Å². The Balaban J connectivity index is 1.64. The quantitative estimate of drug-likeness (QED) is 0.663. The summed E-state index contributed by atoms with van der Waals surface area (Å²) in [7, 11) is 0. The smallest absolute Gasteiger partial charge is 0.358 e. The van der Waals surface area contributed by atoms with E-state index in [0.717, 1.165) is 23.8 Å². The molecule has 1 N–H and O–H groups in total. The number of hydrogen-bond acceptors (Lipinski definition) is 5. The molecule has 0 spiro atoms. The number of aromatic nitrogens is 1. The first-order chi connectivity index (χ1) is 12.9. The van der Waals surface area contributed by atoms with Crippen molar-refractivity contribution in [2.45, 2.75) is 13.0 Å². The van der Waals surface area contributed by atoms with Crippen LogP contribution in [0.25, 0.3) is 10.6 Å². The Morgan fingerprint density at radius 3 is 2.63 bits per heavy atom. The van der Waals surface area contributed by atoms with Crippen LogP contribution in [0.4, 0.5) is 14.5 Å². The molecule has 1 heterocycles. The van der Waals surface area contributed by atoms with Gasteiger partial charge in [0.1, 0.15) is 16.6 Å². The lowest BCUT2D eigenvalue weighted by Gasteiger charge is -2.13. The highest BCUT2D eigenvalue weighted by Gasteiger charge is 2.22. The van der Waals surface area contributed by atoms with Gasteiger partial charge in [0, 0.05) is 17.0 Å². The average molecular weight is 388 g/mol. The number of anilines is 1. The number of halogens is 2. The van der Waals surface area contributed by atoms with Gasteiger partial charge in [-0.05, 0) is 19.1 Å². The van der Waals surface area contributed by atoms with E-state index in [1.807, 2.05) is 30.3 Å². The van der Waals surface area contributed by atoms with Crippen LogP contribution in [0.2, 0.25) is 0 Å². The maximum absolute atomic E-state index is 13.6. The fourth-order valence-corrected chi connectivity index (χ4v) is 2.98. The van der Waals surface area contributed by atoms with Crippen molar-refractivity contribution in [3.63, 3.8) is 0 Å². The highest BCUT2D eigenvalue weighted by Crippen LogP contribution is 2.24. The van der Waals surface area contributed by atoms with Crippen molar-refractivity contribution in [3.05, 3.63) is 71.2 Å². The van der Waals surface area contributed by atoms with Gasteiger partial charge in [-0.1, -0.05) is 30.3 Å². The third-order valence-corrected chi connectivity index (χ3v) is 4.46. The first kappa shape index (κ1) is 18.7. The predicted octanol–water partition coefficient (Wildman–Crippen LogP) is 4.27. The molecule has 3 aromatic rings. The minimum atomic E-state index is -1.22. The standard InChI is InChI=1S/C19H14F2N2O3S/c1-11(17(24)22-15-9-13(20)7-8-14(15)21)26-19(25)16-10-27-18(23-16)12-5-3-2-4-6-12/h2-11H,1H3,(H,22,24)/t11-/m1/s1. The Hall–Kier alpha value is -3.13. The molecule has 1 amide bonds. The molecule has 3 rings (SSSR count). The molecule has 138 valence electrons. The number of benzene rings is 2. The molecule has 5 nitrogen and oxygen atoms in total. The molecule has 1 atom stereocenters. The third kappa shape index (κ3) is 4.53. The van der Waals surface area contributed by atoms with Crippen LogP contribution in [0.1, 0.15) is 17.4 Å². The maximum Gasteiger partial charge on any atom is 0.358 e. The van der Waals surface area contributed by atoms with E-state index < -0.39 is 29.6 Å². The first-order valence-corrected chi connectivity index (χ1v) is 8.80. The topological polar surface area (TPSA) is 68.3 Å². The summed E-state index contributed by atoms with van der Waals surface area (Å²) in [6, 6.07) is 12.0. The van der Waals surface area contributed by atoms with Gasteiger partial charge in [0.25, 0.3) is 5.91 Å². The van der Waals surface area contributed by atoms with Gasteiger partial charge in [-0.3, -0.25) is 4.79 Å². The van der Waals surface area contributed by atoms with Crippen molar-refractivity contribution in [3.8, 4) is 10.6 Å². The minimum Gasteiger partial charge on any atom is -0.448 e. The van der Waals surface area contributed by atoms with Crippen LogP contribution in [0.5, 0.6) is 0 Å². The Bertz CT molecular complexity index is 976. The van der Waals surface area contributed by atoms with E-state index in [1.54, 1.807) is 0 Å². The summed E-state index contributed by atoms with van der Waals surface area (Å²) in [5.41, 5.74) is 0.590. The molecule has 0 aliphatic heterocycles. The molecule has 0 saturated carbocycles. The largest absolute Gasteiger partial charge is 0.448 e. The van der Waals surface area contributed by atoms with Gasteiger partial charge in [-0.25, -0.2) is 18.6 Å². The van der Waals surface area contributed by atoms with Crippen molar-refractivity contribution in [1.29, 1.82) is 0 Å². The van der Waals surface area contributed by atoms with Crippen molar-refractivity contribution < 1.29 is 23.1 Å². The summed E-state index contributed by atoms with van der Waals surface area (Å²) in [4.78, 5) is 28.5. The molecule has 0 fully saturated rings. The number of carbonyl (C=O) groups is 2. The van der Waals surface area contributed by atoms with Gasteiger partial charge in [-0.2, -0.15) is 0 Å². The van der Waals surface area contributed by atoms with Crippen LogP contribution < -0.4 is 5.32 Å². The number of nitrogens with one attached hydrogen (secondary N) is 1. The van der Waals surface area contributed by atoms with Crippen molar-refractivity contribution in [2.75, 3.05) is 5.32 Å². The van der Waals surface area contributed by atoms with Crippen LogP contribution in [0.3, 0.4) is 0 Å². The second kappa shape index (κ2) is 8.05. The zero-order chi connectivity index (χ0) is 19.4. The first-order valence-electron chi connectivity index (χ1n) is 7.92. The number of hydrogen-bond donors (Lipinski definition) is 1. The van der Waals surface area contributed by atoms with Crippen LogP contribution >= 0.6 is 11.3 Å². The van der Waals surface area contributed by atoms with Crippen molar-refractivity contribution in [1.82, 2.24) is 4.98 Å².